The highest BCUT2D eigenvalue weighted by Crippen LogP contribution is 2.14. The fourth-order valence-electron chi connectivity index (χ4n) is 1.41. The van der Waals surface area contributed by atoms with Crippen LogP contribution in [-0.4, -0.2) is 37.6 Å². The Bertz CT molecular complexity index is 149. The molecule has 0 saturated carbocycles. The number of hydrogen-bond acceptors (Lipinski definition) is 3. The number of nitrogens with one attached hydrogen (secondary N) is 1. The van der Waals surface area contributed by atoms with Gasteiger partial charge in [0.25, 0.3) is 5.91 Å². The first-order valence-corrected chi connectivity index (χ1v) is 3.79. The molecule has 4 nitrogen and oxygen atoms in total. The Kier molecular flexibility index (Phi) is 2.84. The van der Waals surface area contributed by atoms with Gasteiger partial charge in [0.2, 0.25) is 0 Å². The van der Waals surface area contributed by atoms with Crippen molar-refractivity contribution in [2.75, 3.05) is 20.7 Å². The molecular formula is C7H14N2O2. The van der Waals surface area contributed by atoms with Crippen molar-refractivity contribution in [3.8, 4) is 0 Å². The van der Waals surface area contributed by atoms with E-state index in [9.17, 15) is 4.79 Å². The van der Waals surface area contributed by atoms with Crippen molar-refractivity contribution in [3.05, 3.63) is 0 Å². The van der Waals surface area contributed by atoms with Gasteiger partial charge in [0, 0.05) is 0 Å². The van der Waals surface area contributed by atoms with Gasteiger partial charge in [-0.05, 0) is 26.4 Å². The van der Waals surface area contributed by atoms with Crippen molar-refractivity contribution in [1.29, 1.82) is 0 Å². The lowest BCUT2D eigenvalue weighted by Gasteiger charge is -2.17. The topological polar surface area (TPSA) is 41.6 Å². The SMILES string of the molecule is CONC(=O)[C@@H]1CCCN1C. The van der Waals surface area contributed by atoms with Gasteiger partial charge in [0.1, 0.15) is 0 Å². The summed E-state index contributed by atoms with van der Waals surface area (Å²) in [6.45, 7) is 1.00. The van der Waals surface area contributed by atoms with Gasteiger partial charge in [-0.25, -0.2) is 5.48 Å². The molecular weight excluding hydrogens is 144 g/mol. The molecule has 0 aromatic rings. The molecule has 1 rings (SSSR count). The molecule has 0 aromatic heterocycles. The molecule has 1 aliphatic rings. The largest absolute Gasteiger partial charge is 0.295 e. The van der Waals surface area contributed by atoms with Gasteiger partial charge in [-0.3, -0.25) is 14.5 Å². The third-order valence-corrected chi connectivity index (χ3v) is 2.03. The smallest absolute Gasteiger partial charge is 0.260 e. The number of nitrogens with zero attached hydrogens (tertiary/aromatic N) is 1. The molecule has 0 unspecified atom stereocenters. The second-order valence-corrected chi connectivity index (χ2v) is 2.81. The summed E-state index contributed by atoms with van der Waals surface area (Å²) in [5.74, 6) is -0.0347. The van der Waals surface area contributed by atoms with Crippen LogP contribution in [0.15, 0.2) is 0 Å². The third-order valence-electron chi connectivity index (χ3n) is 2.03. The second-order valence-electron chi connectivity index (χ2n) is 2.81. The van der Waals surface area contributed by atoms with E-state index in [-0.39, 0.29) is 11.9 Å². The van der Waals surface area contributed by atoms with Crippen LogP contribution in [0.5, 0.6) is 0 Å². The zero-order valence-electron chi connectivity index (χ0n) is 6.96. The normalized spacial score (nSPS) is 25.5. The molecule has 64 valence electrons. The van der Waals surface area contributed by atoms with E-state index in [0.717, 1.165) is 19.4 Å². The molecule has 1 amide bonds. The highest BCUT2D eigenvalue weighted by molar-refractivity contribution is 5.80. The zero-order valence-corrected chi connectivity index (χ0v) is 6.96. The highest BCUT2D eigenvalue weighted by Gasteiger charge is 2.27. The van der Waals surface area contributed by atoms with Crippen LogP contribution in [0, 0.1) is 0 Å². The number of hydroxylamine groups is 1. The molecule has 4 heteroatoms. The van der Waals surface area contributed by atoms with Crippen molar-refractivity contribution >= 4 is 5.91 Å². The first kappa shape index (κ1) is 8.49. The lowest BCUT2D eigenvalue weighted by Crippen LogP contribution is -2.40. The number of carbonyl (C=O) groups is 1. The van der Waals surface area contributed by atoms with Crippen LogP contribution in [0.25, 0.3) is 0 Å². The number of amides is 1. The fraction of sp³-hybridized carbons (Fsp3) is 0.857. The van der Waals surface area contributed by atoms with Gasteiger partial charge in [-0.2, -0.15) is 0 Å². The van der Waals surface area contributed by atoms with Gasteiger partial charge in [0.15, 0.2) is 0 Å². The maximum Gasteiger partial charge on any atom is 0.260 e. The van der Waals surface area contributed by atoms with E-state index < -0.39 is 0 Å². The number of likely N-dealkylation sites (N-methyl/N-ethyl adjacent to an activating group) is 1. The van der Waals surface area contributed by atoms with E-state index in [1.54, 1.807) is 0 Å². The van der Waals surface area contributed by atoms with Crippen molar-refractivity contribution < 1.29 is 9.63 Å². The minimum Gasteiger partial charge on any atom is -0.295 e. The molecule has 1 saturated heterocycles. The summed E-state index contributed by atoms with van der Waals surface area (Å²) in [5, 5.41) is 0. The summed E-state index contributed by atoms with van der Waals surface area (Å²) >= 11 is 0. The average molecular weight is 158 g/mol. The van der Waals surface area contributed by atoms with E-state index in [4.69, 9.17) is 0 Å². The van der Waals surface area contributed by atoms with Gasteiger partial charge >= 0.3 is 0 Å². The van der Waals surface area contributed by atoms with E-state index >= 15 is 0 Å². The van der Waals surface area contributed by atoms with Gasteiger partial charge in [-0.1, -0.05) is 0 Å². The predicted octanol–water partition coefficient (Wildman–Crippen LogP) is -0.242. The van der Waals surface area contributed by atoms with Gasteiger partial charge < -0.3 is 0 Å². The summed E-state index contributed by atoms with van der Waals surface area (Å²) < 4.78 is 0. The molecule has 1 fully saturated rings. The molecule has 11 heavy (non-hydrogen) atoms. The van der Waals surface area contributed by atoms with Crippen LogP contribution in [0.1, 0.15) is 12.8 Å². The van der Waals surface area contributed by atoms with E-state index in [0.29, 0.717) is 0 Å². The fourth-order valence-corrected chi connectivity index (χ4v) is 1.41. The maximum atomic E-state index is 11.2. The Morgan fingerprint density at radius 2 is 2.45 bits per heavy atom. The molecule has 1 heterocycles. The lowest BCUT2D eigenvalue weighted by molar-refractivity contribution is -0.135. The number of carbonyl (C=O) groups excluding carboxylic acids is 1. The van der Waals surface area contributed by atoms with Crippen LogP contribution < -0.4 is 5.48 Å². The number of rotatable bonds is 2. The van der Waals surface area contributed by atoms with Crippen LogP contribution in [-0.2, 0) is 9.63 Å². The Balaban J connectivity index is 2.39. The highest BCUT2D eigenvalue weighted by atomic mass is 16.6. The van der Waals surface area contributed by atoms with Crippen molar-refractivity contribution in [2.24, 2.45) is 0 Å². The Labute approximate surface area is 66.5 Å². The zero-order chi connectivity index (χ0) is 8.27. The van der Waals surface area contributed by atoms with Crippen LogP contribution in [0.3, 0.4) is 0 Å². The third kappa shape index (κ3) is 1.91. The molecule has 1 atom stereocenters. The number of likely N-dealkylation sites (tertiary alicyclic amines) is 1. The standard InChI is InChI=1S/C7H14N2O2/c1-9-5-3-4-6(9)7(10)8-11-2/h6H,3-5H2,1-2H3,(H,8,10)/t6-/m0/s1. The van der Waals surface area contributed by atoms with Crippen molar-refractivity contribution in [2.45, 2.75) is 18.9 Å². The van der Waals surface area contributed by atoms with E-state index in [1.807, 2.05) is 11.9 Å². The van der Waals surface area contributed by atoms with Crippen LogP contribution in [0.4, 0.5) is 0 Å². The van der Waals surface area contributed by atoms with E-state index in [2.05, 4.69) is 10.3 Å². The van der Waals surface area contributed by atoms with Gasteiger partial charge in [-0.15, -0.1) is 0 Å². The molecule has 1 aliphatic heterocycles. The quantitative estimate of drug-likeness (QED) is 0.564. The summed E-state index contributed by atoms with van der Waals surface area (Å²) in [5.41, 5.74) is 2.34. The summed E-state index contributed by atoms with van der Waals surface area (Å²) in [6, 6.07) is 0.00921. The Morgan fingerprint density at radius 3 is 2.91 bits per heavy atom. The number of hydrogen-bond donors (Lipinski definition) is 1. The maximum absolute atomic E-state index is 11.2. The molecule has 0 radical (unpaired) electrons. The minimum atomic E-state index is -0.0347. The summed E-state index contributed by atoms with van der Waals surface area (Å²) in [4.78, 5) is 17.8. The predicted molar refractivity (Wildman–Crippen MR) is 40.8 cm³/mol. The van der Waals surface area contributed by atoms with Crippen LogP contribution in [0.2, 0.25) is 0 Å². The lowest BCUT2D eigenvalue weighted by atomic mass is 10.2. The molecule has 1 N–H and O–H groups in total. The monoisotopic (exact) mass is 158 g/mol. The Hall–Kier alpha value is -0.610. The summed E-state index contributed by atoms with van der Waals surface area (Å²) in [7, 11) is 3.40. The van der Waals surface area contributed by atoms with Gasteiger partial charge in [0.05, 0.1) is 13.2 Å². The van der Waals surface area contributed by atoms with E-state index in [1.165, 1.54) is 7.11 Å². The first-order chi connectivity index (χ1) is 5.25. The second kappa shape index (κ2) is 3.69. The van der Waals surface area contributed by atoms with Crippen LogP contribution >= 0.6 is 0 Å². The molecule has 0 bridgehead atoms. The molecule has 0 spiro atoms. The molecule has 0 aliphatic carbocycles. The van der Waals surface area contributed by atoms with Crippen molar-refractivity contribution in [3.63, 3.8) is 0 Å². The Morgan fingerprint density at radius 1 is 1.73 bits per heavy atom. The average Bonchev–Trinajstić information content (AvgIpc) is 2.36. The summed E-state index contributed by atoms with van der Waals surface area (Å²) in [6.07, 6.45) is 2.03. The minimum absolute atomic E-state index is 0.00921. The molecule has 0 aromatic carbocycles. The van der Waals surface area contributed by atoms with Crippen molar-refractivity contribution in [1.82, 2.24) is 10.4 Å². The first-order valence-electron chi connectivity index (χ1n) is 3.79.